The Kier molecular flexibility index (Phi) is 6.58. The minimum absolute atomic E-state index is 0.0648. The van der Waals surface area contributed by atoms with Crippen LogP contribution in [0.25, 0.3) is 0 Å². The summed E-state index contributed by atoms with van der Waals surface area (Å²) in [4.78, 5) is 3.81. The minimum atomic E-state index is -3.55. The summed E-state index contributed by atoms with van der Waals surface area (Å²) in [5, 5.41) is 8.60. The highest BCUT2D eigenvalue weighted by atomic mass is 32.2. The Labute approximate surface area is 119 Å². The Morgan fingerprint density at radius 2 is 2.15 bits per heavy atom. The molecule has 0 aromatic carbocycles. The highest BCUT2D eigenvalue weighted by Crippen LogP contribution is 2.07. The first-order chi connectivity index (χ1) is 9.45. The third-order valence-corrected chi connectivity index (χ3v) is 3.92. The van der Waals surface area contributed by atoms with Crippen LogP contribution >= 0.6 is 0 Å². The van der Waals surface area contributed by atoms with Gasteiger partial charge in [-0.25, -0.2) is 18.1 Å². The van der Waals surface area contributed by atoms with E-state index < -0.39 is 10.0 Å². The molecule has 7 heteroatoms. The lowest BCUT2D eigenvalue weighted by atomic mass is 10.3. The average molecular weight is 297 g/mol. The van der Waals surface area contributed by atoms with E-state index in [1.54, 1.807) is 0 Å². The number of ether oxygens (including phenoxy) is 1. The number of sulfonamides is 1. The fourth-order valence-corrected chi connectivity index (χ4v) is 2.46. The molecule has 0 spiro atoms. The number of rotatable bonds is 8. The van der Waals surface area contributed by atoms with Crippen LogP contribution in [-0.2, 0) is 14.8 Å². The first-order valence-corrected chi connectivity index (χ1v) is 7.91. The van der Waals surface area contributed by atoms with Crippen LogP contribution in [0.1, 0.15) is 32.4 Å². The maximum Gasteiger partial charge on any atom is 0.242 e. The SMILES string of the molecule is CC(C)OCCCCNS(=O)(=O)c1ccc(C#N)nc1. The maximum atomic E-state index is 11.9. The van der Waals surface area contributed by atoms with Crippen LogP contribution in [-0.4, -0.2) is 32.7 Å². The smallest absolute Gasteiger partial charge is 0.242 e. The van der Waals surface area contributed by atoms with Gasteiger partial charge in [-0.3, -0.25) is 0 Å². The summed E-state index contributed by atoms with van der Waals surface area (Å²) in [5.74, 6) is 0. The molecule has 1 rings (SSSR count). The maximum absolute atomic E-state index is 11.9. The van der Waals surface area contributed by atoms with E-state index in [1.807, 2.05) is 19.9 Å². The number of pyridine rings is 1. The summed E-state index contributed by atoms with van der Waals surface area (Å²) in [7, 11) is -3.55. The van der Waals surface area contributed by atoms with E-state index >= 15 is 0 Å². The Balaban J connectivity index is 2.40. The van der Waals surface area contributed by atoms with E-state index in [0.717, 1.165) is 6.42 Å². The van der Waals surface area contributed by atoms with Gasteiger partial charge in [0.05, 0.1) is 6.10 Å². The van der Waals surface area contributed by atoms with Crippen LogP contribution in [0.2, 0.25) is 0 Å². The number of unbranched alkanes of at least 4 members (excludes halogenated alkanes) is 1. The average Bonchev–Trinajstić information content (AvgIpc) is 2.42. The molecule has 0 fully saturated rings. The van der Waals surface area contributed by atoms with Gasteiger partial charge >= 0.3 is 0 Å². The first kappa shape index (κ1) is 16.6. The summed E-state index contributed by atoms with van der Waals surface area (Å²) in [6.07, 6.45) is 2.88. The van der Waals surface area contributed by atoms with Gasteiger partial charge in [0.15, 0.2) is 0 Å². The second-order valence-electron chi connectivity index (χ2n) is 4.52. The molecule has 0 aliphatic heterocycles. The molecule has 1 aromatic rings. The van der Waals surface area contributed by atoms with E-state index in [-0.39, 0.29) is 16.7 Å². The number of nitrogens with zero attached hydrogens (tertiary/aromatic N) is 2. The molecule has 1 N–H and O–H groups in total. The molecule has 6 nitrogen and oxygen atoms in total. The summed E-state index contributed by atoms with van der Waals surface area (Å²) in [5.41, 5.74) is 0.190. The van der Waals surface area contributed by atoms with Crippen molar-refractivity contribution in [2.75, 3.05) is 13.2 Å². The number of hydrogen-bond acceptors (Lipinski definition) is 5. The van der Waals surface area contributed by atoms with Gasteiger partial charge in [-0.05, 0) is 38.8 Å². The van der Waals surface area contributed by atoms with Gasteiger partial charge in [0.25, 0.3) is 0 Å². The van der Waals surface area contributed by atoms with Crippen molar-refractivity contribution in [2.24, 2.45) is 0 Å². The van der Waals surface area contributed by atoms with Crippen LogP contribution in [0.15, 0.2) is 23.2 Å². The van der Waals surface area contributed by atoms with Gasteiger partial charge in [-0.15, -0.1) is 0 Å². The van der Waals surface area contributed by atoms with Crippen molar-refractivity contribution in [1.29, 1.82) is 5.26 Å². The number of aromatic nitrogens is 1. The van der Waals surface area contributed by atoms with Crippen molar-refractivity contribution in [2.45, 2.75) is 37.7 Å². The Bertz CT molecular complexity index is 547. The minimum Gasteiger partial charge on any atom is -0.379 e. The Morgan fingerprint density at radius 3 is 2.70 bits per heavy atom. The molecule has 1 heterocycles. The van der Waals surface area contributed by atoms with Crippen molar-refractivity contribution < 1.29 is 13.2 Å². The van der Waals surface area contributed by atoms with Crippen molar-refractivity contribution in [3.8, 4) is 6.07 Å². The van der Waals surface area contributed by atoms with Crippen molar-refractivity contribution in [3.63, 3.8) is 0 Å². The molecule has 1 aromatic heterocycles. The summed E-state index contributed by atoms with van der Waals surface area (Å²) in [6, 6.07) is 4.59. The Morgan fingerprint density at radius 1 is 1.40 bits per heavy atom. The van der Waals surface area contributed by atoms with Crippen LogP contribution < -0.4 is 4.72 Å². The second kappa shape index (κ2) is 7.94. The molecule has 20 heavy (non-hydrogen) atoms. The standard InChI is InChI=1S/C13H19N3O3S/c1-11(2)19-8-4-3-7-16-20(17,18)13-6-5-12(9-14)15-10-13/h5-6,10-11,16H,3-4,7-8H2,1-2H3. The molecule has 0 saturated carbocycles. The third-order valence-electron chi connectivity index (χ3n) is 2.48. The van der Waals surface area contributed by atoms with Gasteiger partial charge < -0.3 is 4.74 Å². The van der Waals surface area contributed by atoms with E-state index in [1.165, 1.54) is 18.3 Å². The van der Waals surface area contributed by atoms with Gasteiger partial charge in [-0.1, -0.05) is 0 Å². The van der Waals surface area contributed by atoms with E-state index in [2.05, 4.69) is 9.71 Å². The van der Waals surface area contributed by atoms with E-state index in [9.17, 15) is 8.42 Å². The van der Waals surface area contributed by atoms with Crippen LogP contribution in [0.4, 0.5) is 0 Å². The molecule has 0 aliphatic rings. The fraction of sp³-hybridized carbons (Fsp3) is 0.538. The van der Waals surface area contributed by atoms with Gasteiger partial charge in [0.2, 0.25) is 10.0 Å². The van der Waals surface area contributed by atoms with E-state index in [0.29, 0.717) is 19.6 Å². The lowest BCUT2D eigenvalue weighted by Gasteiger charge is -2.08. The quantitative estimate of drug-likeness (QED) is 0.733. The molecule has 0 atom stereocenters. The molecule has 0 amide bonds. The predicted molar refractivity (Wildman–Crippen MR) is 74.5 cm³/mol. The first-order valence-electron chi connectivity index (χ1n) is 6.43. The van der Waals surface area contributed by atoms with Crippen LogP contribution in [0.3, 0.4) is 0 Å². The van der Waals surface area contributed by atoms with Crippen molar-refractivity contribution >= 4 is 10.0 Å². The fourth-order valence-electron chi connectivity index (χ4n) is 1.44. The normalized spacial score (nSPS) is 11.5. The molecular weight excluding hydrogens is 278 g/mol. The van der Waals surface area contributed by atoms with Gasteiger partial charge in [0, 0.05) is 19.3 Å². The lowest BCUT2D eigenvalue weighted by molar-refractivity contribution is 0.0762. The molecule has 0 radical (unpaired) electrons. The number of nitrogens with one attached hydrogen (secondary N) is 1. The number of nitriles is 1. The zero-order valence-corrected chi connectivity index (χ0v) is 12.5. The third kappa shape index (κ3) is 5.65. The molecule has 0 aliphatic carbocycles. The van der Waals surface area contributed by atoms with Gasteiger partial charge in [0.1, 0.15) is 16.7 Å². The predicted octanol–water partition coefficient (Wildman–Crippen LogP) is 1.44. The summed E-state index contributed by atoms with van der Waals surface area (Å²) in [6.45, 7) is 4.89. The van der Waals surface area contributed by atoms with Crippen LogP contribution in [0.5, 0.6) is 0 Å². The summed E-state index contributed by atoms with van der Waals surface area (Å²) < 4.78 is 31.7. The molecule has 0 bridgehead atoms. The lowest BCUT2D eigenvalue weighted by Crippen LogP contribution is -2.25. The zero-order valence-electron chi connectivity index (χ0n) is 11.7. The van der Waals surface area contributed by atoms with Crippen molar-refractivity contribution in [3.05, 3.63) is 24.0 Å². The highest BCUT2D eigenvalue weighted by Gasteiger charge is 2.13. The molecule has 110 valence electrons. The zero-order chi connectivity index (χ0) is 15.0. The molecule has 0 saturated heterocycles. The molecule has 0 unspecified atom stereocenters. The van der Waals surface area contributed by atoms with Crippen LogP contribution in [0, 0.1) is 11.3 Å². The van der Waals surface area contributed by atoms with E-state index in [4.69, 9.17) is 10.00 Å². The second-order valence-corrected chi connectivity index (χ2v) is 6.28. The summed E-state index contributed by atoms with van der Waals surface area (Å²) >= 11 is 0. The van der Waals surface area contributed by atoms with Gasteiger partial charge in [-0.2, -0.15) is 5.26 Å². The largest absolute Gasteiger partial charge is 0.379 e. The van der Waals surface area contributed by atoms with Crippen molar-refractivity contribution in [1.82, 2.24) is 9.71 Å². The topological polar surface area (TPSA) is 92.1 Å². The molecular formula is C13H19N3O3S. The monoisotopic (exact) mass is 297 g/mol. The Hall–Kier alpha value is -1.49. The number of hydrogen-bond donors (Lipinski definition) is 1. The highest BCUT2D eigenvalue weighted by molar-refractivity contribution is 7.89.